The number of aromatic nitrogens is 4. The number of nitrogens with one attached hydrogen (secondary N) is 1. The lowest BCUT2D eigenvalue weighted by atomic mass is 9.71. The first kappa shape index (κ1) is 34.4. The monoisotopic (exact) mass is 679 g/mol. The van der Waals surface area contributed by atoms with E-state index in [0.717, 1.165) is 73.4 Å². The van der Waals surface area contributed by atoms with Crippen LogP contribution >= 0.6 is 0 Å². The number of methoxy groups -OCH3 is 1. The molecule has 1 aromatic carbocycles. The summed E-state index contributed by atoms with van der Waals surface area (Å²) in [6, 6.07) is 12.6. The third-order valence-electron chi connectivity index (χ3n) is 11.5. The van der Waals surface area contributed by atoms with E-state index >= 15 is 0 Å². The average molecular weight is 680 g/mol. The number of amides is 1. The van der Waals surface area contributed by atoms with Gasteiger partial charge in [0.2, 0.25) is 5.95 Å². The van der Waals surface area contributed by atoms with E-state index in [2.05, 4.69) is 63.6 Å². The summed E-state index contributed by atoms with van der Waals surface area (Å²) in [4.78, 5) is 33.0. The van der Waals surface area contributed by atoms with Crippen molar-refractivity contribution in [3.05, 3.63) is 60.0 Å². The van der Waals surface area contributed by atoms with E-state index in [1.165, 1.54) is 44.5 Å². The number of carbonyl (C=O) groups excluding carboxylic acids is 1. The Kier molecular flexibility index (Phi) is 9.85. The second-order valence-corrected chi connectivity index (χ2v) is 15.4. The van der Waals surface area contributed by atoms with Gasteiger partial charge in [0.05, 0.1) is 34.5 Å². The number of nitrogens with zero attached hydrogens (tertiary/aromatic N) is 6. The van der Waals surface area contributed by atoms with Crippen LogP contribution in [0.3, 0.4) is 0 Å². The smallest absolute Gasteiger partial charge is 0.258 e. The minimum absolute atomic E-state index is 0.0851. The van der Waals surface area contributed by atoms with Crippen molar-refractivity contribution in [2.75, 3.05) is 50.1 Å². The van der Waals surface area contributed by atoms with Crippen molar-refractivity contribution in [3.8, 4) is 17.0 Å². The number of piperidine rings is 2. The lowest BCUT2D eigenvalue weighted by molar-refractivity contribution is -0.0182. The van der Waals surface area contributed by atoms with Gasteiger partial charge in [-0.3, -0.25) is 20.1 Å². The van der Waals surface area contributed by atoms with E-state index in [1.807, 2.05) is 32.2 Å². The van der Waals surface area contributed by atoms with Gasteiger partial charge in [0.15, 0.2) is 0 Å². The molecule has 0 radical (unpaired) electrons. The molecule has 4 aromatic rings. The van der Waals surface area contributed by atoms with Crippen molar-refractivity contribution in [2.24, 2.45) is 5.41 Å². The van der Waals surface area contributed by atoms with Crippen molar-refractivity contribution < 1.29 is 14.3 Å². The molecule has 0 saturated carbocycles. The molecule has 3 aromatic heterocycles. The van der Waals surface area contributed by atoms with Crippen LogP contribution in [0.4, 0.5) is 11.6 Å². The van der Waals surface area contributed by atoms with E-state index in [-0.39, 0.29) is 11.5 Å². The highest BCUT2D eigenvalue weighted by Gasteiger charge is 2.39. The van der Waals surface area contributed by atoms with Crippen molar-refractivity contribution in [1.29, 1.82) is 0 Å². The number of hydrogen-bond acceptors (Lipinski definition) is 8. The van der Waals surface area contributed by atoms with Gasteiger partial charge in [-0.15, -0.1) is 0 Å². The van der Waals surface area contributed by atoms with Gasteiger partial charge in [0.1, 0.15) is 5.75 Å². The summed E-state index contributed by atoms with van der Waals surface area (Å²) in [6.07, 6.45) is 12.4. The van der Waals surface area contributed by atoms with Crippen LogP contribution in [0.5, 0.6) is 5.75 Å². The standard InChI is InChI=1S/C40H53N7O3/c1-28-23-30-24-34(42-28)32-27-41-16-11-36(32)50-22-8-6-7-17-47-35-25-31(9-10-33(35)43-38(47)44-37(30)48)46-20-14-40(15-21-46)12-18-45(19-13-40)29(2)26-39(3,4)49-5/h9-11,16,23-25,27,29H,6-8,12-15,17-22,26H2,1-5H3,(H,43,44,48). The first-order chi connectivity index (χ1) is 24.1. The zero-order valence-electron chi connectivity index (χ0n) is 30.5. The maximum atomic E-state index is 13.8. The van der Waals surface area contributed by atoms with Gasteiger partial charge in [-0.05, 0) is 134 Å². The van der Waals surface area contributed by atoms with Gasteiger partial charge < -0.3 is 23.8 Å². The molecule has 1 amide bonds. The van der Waals surface area contributed by atoms with Gasteiger partial charge in [-0.1, -0.05) is 0 Å². The Morgan fingerprint density at radius 1 is 0.980 bits per heavy atom. The Hall–Kier alpha value is -4.02. The molecule has 3 aliphatic rings. The zero-order chi connectivity index (χ0) is 34.9. The van der Waals surface area contributed by atoms with Crippen LogP contribution < -0.4 is 15.0 Å². The van der Waals surface area contributed by atoms with Crippen molar-refractivity contribution in [3.63, 3.8) is 0 Å². The number of likely N-dealkylation sites (tertiary alicyclic amines) is 1. The summed E-state index contributed by atoms with van der Waals surface area (Å²) in [5.74, 6) is 1.11. The molecule has 0 aliphatic carbocycles. The summed E-state index contributed by atoms with van der Waals surface area (Å²) in [5, 5.41) is 3.16. The van der Waals surface area contributed by atoms with E-state index in [9.17, 15) is 4.79 Å². The number of fused-ring (bicyclic) bond motifs is 7. The van der Waals surface area contributed by atoms with Crippen LogP contribution in [0, 0.1) is 12.3 Å². The number of aryl methyl sites for hydroxylation is 2. The highest BCUT2D eigenvalue weighted by Crippen LogP contribution is 2.43. The quantitative estimate of drug-likeness (QED) is 0.232. The topological polar surface area (TPSA) is 97.6 Å². The number of benzene rings is 1. The SMILES string of the molecule is COC(C)(C)CC(C)N1CCC2(CCN(c3ccc4nc5n(c4c3)CCCCCOc3ccncc3-c3cc(cc(C)n3)C(=O)N5)CC2)CC1. The zero-order valence-corrected chi connectivity index (χ0v) is 30.5. The van der Waals surface area contributed by atoms with Crippen molar-refractivity contribution in [2.45, 2.75) is 97.2 Å². The second kappa shape index (κ2) is 14.3. The molecular formula is C40H53N7O3. The molecule has 6 heterocycles. The predicted octanol–water partition coefficient (Wildman–Crippen LogP) is 7.50. The summed E-state index contributed by atoms with van der Waals surface area (Å²) in [7, 11) is 1.82. The van der Waals surface area contributed by atoms with Crippen LogP contribution in [-0.2, 0) is 11.3 Å². The molecule has 266 valence electrons. The molecule has 3 aliphatic heterocycles. The summed E-state index contributed by atoms with van der Waals surface area (Å²) < 4.78 is 14.1. The Morgan fingerprint density at radius 3 is 2.54 bits per heavy atom. The number of carbonyl (C=O) groups is 1. The maximum absolute atomic E-state index is 13.8. The first-order valence-corrected chi connectivity index (χ1v) is 18.5. The third-order valence-corrected chi connectivity index (χ3v) is 11.5. The van der Waals surface area contributed by atoms with Crippen molar-refractivity contribution >= 4 is 28.6 Å². The van der Waals surface area contributed by atoms with Crippen LogP contribution in [0.25, 0.3) is 22.3 Å². The molecule has 1 spiro atoms. The third kappa shape index (κ3) is 7.37. The van der Waals surface area contributed by atoms with E-state index < -0.39 is 0 Å². The molecule has 2 bridgehead atoms. The maximum Gasteiger partial charge on any atom is 0.258 e. The van der Waals surface area contributed by atoms with E-state index in [4.69, 9.17) is 19.4 Å². The van der Waals surface area contributed by atoms with Gasteiger partial charge >= 0.3 is 0 Å². The highest BCUT2D eigenvalue weighted by molar-refractivity contribution is 6.05. The van der Waals surface area contributed by atoms with Gasteiger partial charge in [-0.2, -0.15) is 0 Å². The highest BCUT2D eigenvalue weighted by atomic mass is 16.5. The summed E-state index contributed by atoms with van der Waals surface area (Å²) in [6.45, 7) is 14.5. The molecule has 2 saturated heterocycles. The summed E-state index contributed by atoms with van der Waals surface area (Å²) >= 11 is 0. The van der Waals surface area contributed by atoms with Crippen molar-refractivity contribution in [1.82, 2.24) is 24.4 Å². The molecule has 7 rings (SSSR count). The number of rotatable bonds is 5. The number of ether oxygens (including phenoxy) is 2. The lowest BCUT2D eigenvalue weighted by Gasteiger charge is -2.49. The molecule has 10 nitrogen and oxygen atoms in total. The van der Waals surface area contributed by atoms with Gasteiger partial charge in [0, 0.05) is 62.1 Å². The van der Waals surface area contributed by atoms with E-state index in [0.29, 0.717) is 35.3 Å². The molecule has 1 unspecified atom stereocenters. The minimum Gasteiger partial charge on any atom is -0.493 e. The molecule has 1 atom stereocenters. The Morgan fingerprint density at radius 2 is 1.76 bits per heavy atom. The minimum atomic E-state index is -0.209. The largest absolute Gasteiger partial charge is 0.493 e. The van der Waals surface area contributed by atoms with Gasteiger partial charge in [-0.25, -0.2) is 4.98 Å². The number of imidazole rings is 1. The fourth-order valence-electron chi connectivity index (χ4n) is 8.27. The normalized spacial score (nSPS) is 19.5. The fourth-order valence-corrected chi connectivity index (χ4v) is 8.27. The van der Waals surface area contributed by atoms with Crippen LogP contribution in [0.1, 0.15) is 88.2 Å². The molecule has 50 heavy (non-hydrogen) atoms. The molecular weight excluding hydrogens is 626 g/mol. The number of hydrogen-bond donors (Lipinski definition) is 1. The lowest BCUT2D eigenvalue weighted by Crippen LogP contribution is -2.50. The molecule has 1 N–H and O–H groups in total. The Bertz CT molecular complexity index is 1820. The average Bonchev–Trinajstić information content (AvgIpc) is 3.45. The van der Waals surface area contributed by atoms with Gasteiger partial charge in [0.25, 0.3) is 5.91 Å². The van der Waals surface area contributed by atoms with Crippen LogP contribution in [-0.4, -0.2) is 81.9 Å². The first-order valence-electron chi connectivity index (χ1n) is 18.5. The number of anilines is 2. The number of pyridine rings is 2. The van der Waals surface area contributed by atoms with E-state index in [1.54, 1.807) is 12.4 Å². The fraction of sp³-hybridized carbons (Fsp3) is 0.550. The predicted molar refractivity (Wildman–Crippen MR) is 199 cm³/mol. The second-order valence-electron chi connectivity index (χ2n) is 15.4. The Labute approximate surface area is 296 Å². The molecule has 10 heteroatoms. The Balaban J connectivity index is 1.08. The summed E-state index contributed by atoms with van der Waals surface area (Å²) in [5.41, 5.74) is 6.28. The van der Waals surface area contributed by atoms with Crippen LogP contribution in [0.15, 0.2) is 48.8 Å². The molecule has 2 fully saturated rings. The van der Waals surface area contributed by atoms with Crippen LogP contribution in [0.2, 0.25) is 0 Å².